The van der Waals surface area contributed by atoms with Crippen LogP contribution in [0.4, 0.5) is 0 Å². The van der Waals surface area contributed by atoms with Crippen LogP contribution in [-0.4, -0.2) is 50.9 Å². The summed E-state index contributed by atoms with van der Waals surface area (Å²) >= 11 is 0. The summed E-state index contributed by atoms with van der Waals surface area (Å²) in [6, 6.07) is 9.95. The standard InChI is InChI=1S/C18H22N4O2/c1-13-19-17(20-22(13)14-7-3-2-4-8-14)18(23)21-11-12-24-16-10-6-5-9-15(16)21/h2-4,7-8,15-16H,5-6,9-12H2,1H3/t15-,16-/m0/s1. The van der Waals surface area contributed by atoms with E-state index in [-0.39, 0.29) is 23.9 Å². The zero-order valence-corrected chi connectivity index (χ0v) is 13.9. The first-order valence-corrected chi connectivity index (χ1v) is 8.66. The van der Waals surface area contributed by atoms with Crippen LogP contribution in [0, 0.1) is 6.92 Å². The number of amides is 1. The Labute approximate surface area is 141 Å². The number of aryl methyl sites for hydroxylation is 1. The van der Waals surface area contributed by atoms with E-state index in [2.05, 4.69) is 10.1 Å². The number of carbonyl (C=O) groups is 1. The van der Waals surface area contributed by atoms with Crippen molar-refractivity contribution in [3.05, 3.63) is 42.0 Å². The third kappa shape index (κ3) is 2.71. The molecule has 1 aromatic heterocycles. The normalized spacial score (nSPS) is 23.8. The summed E-state index contributed by atoms with van der Waals surface area (Å²) in [5.74, 6) is 0.925. The van der Waals surface area contributed by atoms with Crippen molar-refractivity contribution in [3.63, 3.8) is 0 Å². The number of morpholine rings is 1. The Balaban J connectivity index is 1.60. The molecule has 1 saturated carbocycles. The Morgan fingerprint density at radius 2 is 2.00 bits per heavy atom. The zero-order chi connectivity index (χ0) is 16.5. The number of nitrogens with zero attached hydrogens (tertiary/aromatic N) is 4. The average molecular weight is 326 g/mol. The number of carbonyl (C=O) groups excluding carboxylic acids is 1. The van der Waals surface area contributed by atoms with Crippen molar-refractivity contribution in [1.29, 1.82) is 0 Å². The van der Waals surface area contributed by atoms with Gasteiger partial charge >= 0.3 is 0 Å². The number of aromatic nitrogens is 3. The number of ether oxygens (including phenoxy) is 1. The van der Waals surface area contributed by atoms with E-state index in [9.17, 15) is 4.79 Å². The van der Waals surface area contributed by atoms with Gasteiger partial charge in [0.05, 0.1) is 24.4 Å². The summed E-state index contributed by atoms with van der Waals surface area (Å²) < 4.78 is 7.58. The van der Waals surface area contributed by atoms with Crippen LogP contribution in [0.1, 0.15) is 42.1 Å². The van der Waals surface area contributed by atoms with Crippen molar-refractivity contribution in [2.75, 3.05) is 13.2 Å². The van der Waals surface area contributed by atoms with Crippen LogP contribution in [0.5, 0.6) is 0 Å². The van der Waals surface area contributed by atoms with Gasteiger partial charge in [0.25, 0.3) is 5.91 Å². The Morgan fingerprint density at radius 1 is 1.21 bits per heavy atom. The molecule has 2 heterocycles. The van der Waals surface area contributed by atoms with Crippen LogP contribution in [-0.2, 0) is 4.74 Å². The smallest absolute Gasteiger partial charge is 0.293 e. The molecular formula is C18H22N4O2. The number of rotatable bonds is 2. The molecule has 1 aliphatic carbocycles. The summed E-state index contributed by atoms with van der Waals surface area (Å²) in [5.41, 5.74) is 0.916. The maximum atomic E-state index is 13.0. The molecule has 1 saturated heterocycles. The van der Waals surface area contributed by atoms with Gasteiger partial charge in [-0.05, 0) is 31.9 Å². The summed E-state index contributed by atoms with van der Waals surface area (Å²) in [7, 11) is 0. The van der Waals surface area contributed by atoms with Crippen molar-refractivity contribution in [1.82, 2.24) is 19.7 Å². The van der Waals surface area contributed by atoms with E-state index < -0.39 is 0 Å². The topological polar surface area (TPSA) is 60.3 Å². The molecule has 0 radical (unpaired) electrons. The minimum absolute atomic E-state index is 0.0759. The Morgan fingerprint density at radius 3 is 2.83 bits per heavy atom. The van der Waals surface area contributed by atoms with Crippen LogP contribution in [0.2, 0.25) is 0 Å². The number of benzene rings is 1. The van der Waals surface area contributed by atoms with Crippen LogP contribution in [0.15, 0.2) is 30.3 Å². The van der Waals surface area contributed by atoms with Gasteiger partial charge < -0.3 is 9.64 Å². The highest BCUT2D eigenvalue weighted by molar-refractivity contribution is 5.90. The Kier molecular flexibility index (Phi) is 4.06. The highest BCUT2D eigenvalue weighted by atomic mass is 16.5. The van der Waals surface area contributed by atoms with Gasteiger partial charge in [0.15, 0.2) is 0 Å². The molecule has 1 amide bonds. The predicted octanol–water partition coefficient (Wildman–Crippen LogP) is 2.36. The van der Waals surface area contributed by atoms with Gasteiger partial charge in [-0.25, -0.2) is 9.67 Å². The SMILES string of the molecule is Cc1nc(C(=O)N2CCO[C@H]3CCCC[C@@H]32)nn1-c1ccccc1. The fourth-order valence-corrected chi connectivity index (χ4v) is 3.77. The lowest BCUT2D eigenvalue weighted by molar-refractivity contribution is -0.0755. The lowest BCUT2D eigenvalue weighted by atomic mass is 9.90. The third-order valence-electron chi connectivity index (χ3n) is 4.95. The first-order valence-electron chi connectivity index (χ1n) is 8.66. The fourth-order valence-electron chi connectivity index (χ4n) is 3.77. The van der Waals surface area contributed by atoms with Gasteiger partial charge in [-0.1, -0.05) is 31.0 Å². The molecule has 0 spiro atoms. The minimum Gasteiger partial charge on any atom is -0.374 e. The molecule has 6 heteroatoms. The number of para-hydroxylation sites is 1. The second-order valence-electron chi connectivity index (χ2n) is 6.49. The molecule has 2 aliphatic rings. The highest BCUT2D eigenvalue weighted by Gasteiger charge is 2.38. The predicted molar refractivity (Wildman–Crippen MR) is 89.1 cm³/mol. The van der Waals surface area contributed by atoms with E-state index in [4.69, 9.17) is 4.74 Å². The van der Waals surface area contributed by atoms with E-state index in [0.29, 0.717) is 13.2 Å². The monoisotopic (exact) mass is 326 g/mol. The Hall–Kier alpha value is -2.21. The molecule has 2 fully saturated rings. The Bertz CT molecular complexity index is 726. The first-order chi connectivity index (χ1) is 11.7. The van der Waals surface area contributed by atoms with Gasteiger partial charge in [0.2, 0.25) is 5.82 Å². The summed E-state index contributed by atoms with van der Waals surface area (Å²) in [5, 5.41) is 4.47. The molecule has 2 atom stereocenters. The van der Waals surface area contributed by atoms with Crippen LogP contribution >= 0.6 is 0 Å². The fraction of sp³-hybridized carbons (Fsp3) is 0.500. The number of hydrogen-bond donors (Lipinski definition) is 0. The molecule has 0 unspecified atom stereocenters. The molecule has 6 nitrogen and oxygen atoms in total. The van der Waals surface area contributed by atoms with Gasteiger partial charge in [0, 0.05) is 6.54 Å². The van der Waals surface area contributed by atoms with Crippen LogP contribution < -0.4 is 0 Å². The quantitative estimate of drug-likeness (QED) is 0.850. The first kappa shape index (κ1) is 15.3. The van der Waals surface area contributed by atoms with E-state index >= 15 is 0 Å². The average Bonchev–Trinajstić information content (AvgIpc) is 3.03. The zero-order valence-electron chi connectivity index (χ0n) is 13.9. The van der Waals surface area contributed by atoms with E-state index in [1.807, 2.05) is 42.2 Å². The summed E-state index contributed by atoms with van der Waals surface area (Å²) in [4.78, 5) is 19.3. The largest absolute Gasteiger partial charge is 0.374 e. The van der Waals surface area contributed by atoms with Gasteiger partial charge in [-0.3, -0.25) is 4.79 Å². The second-order valence-corrected chi connectivity index (χ2v) is 6.49. The van der Waals surface area contributed by atoms with Gasteiger partial charge in [-0.15, -0.1) is 5.10 Å². The van der Waals surface area contributed by atoms with Crippen molar-refractivity contribution in [2.45, 2.75) is 44.8 Å². The lowest BCUT2D eigenvalue weighted by Gasteiger charge is -2.43. The number of hydrogen-bond acceptors (Lipinski definition) is 4. The highest BCUT2D eigenvalue weighted by Crippen LogP contribution is 2.29. The molecule has 24 heavy (non-hydrogen) atoms. The minimum atomic E-state index is -0.0759. The van der Waals surface area contributed by atoms with E-state index in [1.54, 1.807) is 4.68 Å². The second kappa shape index (κ2) is 6.36. The summed E-state index contributed by atoms with van der Waals surface area (Å²) in [6.07, 6.45) is 4.56. The van der Waals surface area contributed by atoms with Gasteiger partial charge in [-0.2, -0.15) is 0 Å². The molecule has 1 aromatic carbocycles. The van der Waals surface area contributed by atoms with Crippen molar-refractivity contribution in [2.24, 2.45) is 0 Å². The third-order valence-corrected chi connectivity index (χ3v) is 4.95. The van der Waals surface area contributed by atoms with Gasteiger partial charge in [0.1, 0.15) is 5.82 Å². The van der Waals surface area contributed by atoms with E-state index in [1.165, 1.54) is 6.42 Å². The molecule has 4 rings (SSSR count). The van der Waals surface area contributed by atoms with E-state index in [0.717, 1.165) is 30.8 Å². The van der Waals surface area contributed by atoms with Crippen molar-refractivity contribution < 1.29 is 9.53 Å². The summed E-state index contributed by atoms with van der Waals surface area (Å²) in [6.45, 7) is 3.10. The molecule has 1 aliphatic heterocycles. The molecule has 126 valence electrons. The molecule has 0 bridgehead atoms. The lowest BCUT2D eigenvalue weighted by Crippen LogP contribution is -2.55. The maximum absolute atomic E-state index is 13.0. The molecule has 2 aromatic rings. The van der Waals surface area contributed by atoms with Crippen molar-refractivity contribution in [3.8, 4) is 5.69 Å². The number of fused-ring (bicyclic) bond motifs is 1. The maximum Gasteiger partial charge on any atom is 0.293 e. The van der Waals surface area contributed by atoms with Crippen molar-refractivity contribution >= 4 is 5.91 Å². The molecular weight excluding hydrogens is 304 g/mol. The van der Waals surface area contributed by atoms with Crippen LogP contribution in [0.25, 0.3) is 5.69 Å². The molecule has 0 N–H and O–H groups in total. The van der Waals surface area contributed by atoms with Crippen LogP contribution in [0.3, 0.4) is 0 Å².